The lowest BCUT2D eigenvalue weighted by molar-refractivity contribution is -0.170. The van der Waals surface area contributed by atoms with Crippen molar-refractivity contribution in [1.82, 2.24) is 0 Å². The van der Waals surface area contributed by atoms with Gasteiger partial charge in [-0.05, 0) is 17.9 Å². The highest BCUT2D eigenvalue weighted by molar-refractivity contribution is 7.99. The van der Waals surface area contributed by atoms with E-state index in [1.54, 1.807) is 0 Å². The minimum atomic E-state index is -3.67. The van der Waals surface area contributed by atoms with E-state index in [-0.39, 0.29) is 5.02 Å². The highest BCUT2D eigenvalue weighted by atomic mass is 35.5. The number of carbonyl (C=O) groups excluding carboxylic acids is 1. The van der Waals surface area contributed by atoms with Crippen LogP contribution in [0.25, 0.3) is 0 Å². The molecule has 2 nitrogen and oxygen atoms in total. The largest absolute Gasteiger partial charge is 0.464 e. The van der Waals surface area contributed by atoms with Gasteiger partial charge in [-0.2, -0.15) is 8.78 Å². The average Bonchev–Trinajstić information content (AvgIpc) is 2.30. The van der Waals surface area contributed by atoms with Gasteiger partial charge in [0.2, 0.25) is 0 Å². The molecule has 0 aromatic heterocycles. The second-order valence-corrected chi connectivity index (χ2v) is 4.86. The lowest BCUT2D eigenvalue weighted by atomic mass is 10.1. The molecule has 0 unspecified atom stereocenters. The summed E-state index contributed by atoms with van der Waals surface area (Å²) in [6.45, 7) is 1.93. The van der Waals surface area contributed by atoms with Crippen LogP contribution in [-0.2, 0) is 15.5 Å². The van der Waals surface area contributed by atoms with Crippen molar-refractivity contribution in [1.29, 1.82) is 0 Å². The van der Waals surface area contributed by atoms with E-state index in [1.807, 2.05) is 6.92 Å². The summed E-state index contributed by atoms with van der Waals surface area (Å²) >= 11 is 7.30. The van der Waals surface area contributed by atoms with Gasteiger partial charge in [0.1, 0.15) is 0 Å². The third kappa shape index (κ3) is 3.10. The number of alkyl halides is 2. The fraction of sp³-hybridized carbons (Fsp3) is 0.364. The number of thioether (sulfide) groups is 1. The van der Waals surface area contributed by atoms with Crippen LogP contribution in [0.1, 0.15) is 12.5 Å². The van der Waals surface area contributed by atoms with E-state index < -0.39 is 17.5 Å². The lowest BCUT2D eigenvalue weighted by Crippen LogP contribution is -2.27. The Balaban J connectivity index is 3.08. The van der Waals surface area contributed by atoms with Crippen LogP contribution in [-0.4, -0.2) is 18.8 Å². The summed E-state index contributed by atoms with van der Waals surface area (Å²) in [5, 5.41) is 0.206. The van der Waals surface area contributed by atoms with Crippen molar-refractivity contribution < 1.29 is 18.3 Å². The number of rotatable bonds is 4. The summed E-state index contributed by atoms with van der Waals surface area (Å²) in [5.41, 5.74) is -0.463. The van der Waals surface area contributed by atoms with Gasteiger partial charge in [0, 0.05) is 10.5 Å². The molecule has 0 aliphatic carbocycles. The Morgan fingerprint density at radius 2 is 2.18 bits per heavy atom. The first-order chi connectivity index (χ1) is 7.93. The van der Waals surface area contributed by atoms with E-state index in [0.717, 1.165) is 18.9 Å². The van der Waals surface area contributed by atoms with Crippen molar-refractivity contribution in [3.8, 4) is 0 Å². The molecule has 0 aliphatic rings. The van der Waals surface area contributed by atoms with Crippen LogP contribution >= 0.6 is 23.4 Å². The van der Waals surface area contributed by atoms with Crippen molar-refractivity contribution in [2.24, 2.45) is 0 Å². The van der Waals surface area contributed by atoms with Gasteiger partial charge in [-0.1, -0.05) is 24.6 Å². The topological polar surface area (TPSA) is 26.3 Å². The average molecular weight is 281 g/mol. The first-order valence-electron chi connectivity index (χ1n) is 4.82. The van der Waals surface area contributed by atoms with E-state index in [0.29, 0.717) is 4.90 Å². The Kier molecular flexibility index (Phi) is 4.77. The number of halogens is 3. The first kappa shape index (κ1) is 14.3. The molecule has 0 heterocycles. The van der Waals surface area contributed by atoms with Crippen LogP contribution in [0.5, 0.6) is 0 Å². The maximum absolute atomic E-state index is 13.5. The Labute approximate surface area is 107 Å². The molecule has 94 valence electrons. The second-order valence-electron chi connectivity index (χ2n) is 3.14. The van der Waals surface area contributed by atoms with Gasteiger partial charge in [0.25, 0.3) is 0 Å². The highest BCUT2D eigenvalue weighted by Gasteiger charge is 2.42. The van der Waals surface area contributed by atoms with Crippen molar-refractivity contribution in [2.75, 3.05) is 12.9 Å². The molecule has 0 spiro atoms. The third-order valence-corrected chi connectivity index (χ3v) is 3.42. The van der Waals surface area contributed by atoms with E-state index >= 15 is 0 Å². The fourth-order valence-electron chi connectivity index (χ4n) is 1.21. The van der Waals surface area contributed by atoms with Crippen molar-refractivity contribution >= 4 is 29.3 Å². The van der Waals surface area contributed by atoms with Gasteiger partial charge in [0.15, 0.2) is 0 Å². The van der Waals surface area contributed by atoms with Crippen LogP contribution in [0.3, 0.4) is 0 Å². The van der Waals surface area contributed by atoms with Crippen LogP contribution in [0.4, 0.5) is 8.78 Å². The van der Waals surface area contributed by atoms with Gasteiger partial charge >= 0.3 is 11.9 Å². The monoisotopic (exact) mass is 280 g/mol. The maximum Gasteiger partial charge on any atom is 0.381 e. The zero-order valence-electron chi connectivity index (χ0n) is 9.30. The molecule has 0 saturated heterocycles. The molecule has 0 saturated carbocycles. The van der Waals surface area contributed by atoms with E-state index in [4.69, 9.17) is 11.6 Å². The molecule has 17 heavy (non-hydrogen) atoms. The number of hydrogen-bond acceptors (Lipinski definition) is 3. The summed E-state index contributed by atoms with van der Waals surface area (Å²) in [4.78, 5) is 11.6. The minimum absolute atomic E-state index is 0.206. The number of methoxy groups -OCH3 is 1. The normalized spacial score (nSPS) is 11.4. The number of benzene rings is 1. The molecule has 0 aliphatic heterocycles. The van der Waals surface area contributed by atoms with Crippen LogP contribution in [0.2, 0.25) is 5.02 Å². The van der Waals surface area contributed by atoms with Gasteiger partial charge < -0.3 is 4.74 Å². The van der Waals surface area contributed by atoms with Crippen molar-refractivity contribution in [2.45, 2.75) is 17.7 Å². The highest BCUT2D eigenvalue weighted by Crippen LogP contribution is 2.35. The first-order valence-corrected chi connectivity index (χ1v) is 6.18. The smallest absolute Gasteiger partial charge is 0.381 e. The molecule has 0 fully saturated rings. The van der Waals surface area contributed by atoms with Crippen LogP contribution in [0.15, 0.2) is 23.1 Å². The Bertz CT molecular complexity index is 424. The molecule has 1 aromatic rings. The number of hydrogen-bond donors (Lipinski definition) is 0. The fourth-order valence-corrected chi connectivity index (χ4v) is 2.23. The zero-order valence-corrected chi connectivity index (χ0v) is 10.9. The molecule has 0 bridgehead atoms. The standard InChI is InChI=1S/C11H11ClF2O2S/c1-3-17-9-5-4-7(6-8(9)12)11(13,14)10(15)16-2/h4-6H,3H2,1-2H3. The molecule has 0 atom stereocenters. The van der Waals surface area contributed by atoms with Gasteiger partial charge in [0.05, 0.1) is 12.1 Å². The third-order valence-electron chi connectivity index (χ3n) is 2.04. The second kappa shape index (κ2) is 5.69. The summed E-state index contributed by atoms with van der Waals surface area (Å²) in [7, 11) is 0.916. The van der Waals surface area contributed by atoms with Gasteiger partial charge in [-0.15, -0.1) is 11.8 Å². The number of ether oxygens (including phenoxy) is 1. The molecular formula is C11H11ClF2O2S. The minimum Gasteiger partial charge on any atom is -0.464 e. The van der Waals surface area contributed by atoms with Crippen LogP contribution in [0, 0.1) is 0 Å². The molecular weight excluding hydrogens is 270 g/mol. The lowest BCUT2D eigenvalue weighted by Gasteiger charge is -2.14. The van der Waals surface area contributed by atoms with Gasteiger partial charge in [-0.25, -0.2) is 4.79 Å². The van der Waals surface area contributed by atoms with Crippen molar-refractivity contribution in [3.63, 3.8) is 0 Å². The Morgan fingerprint density at radius 1 is 1.53 bits per heavy atom. The molecule has 1 rings (SSSR count). The predicted octanol–water partition coefficient (Wildman–Crippen LogP) is 3.72. The van der Waals surface area contributed by atoms with Gasteiger partial charge in [-0.3, -0.25) is 0 Å². The van der Waals surface area contributed by atoms with E-state index in [9.17, 15) is 13.6 Å². The predicted molar refractivity (Wildman–Crippen MR) is 63.8 cm³/mol. The maximum atomic E-state index is 13.5. The zero-order chi connectivity index (χ0) is 13.1. The molecule has 0 amide bonds. The summed E-state index contributed by atoms with van der Waals surface area (Å²) in [6.07, 6.45) is 0. The molecule has 0 N–H and O–H groups in total. The summed E-state index contributed by atoms with van der Waals surface area (Å²) < 4.78 is 31.1. The van der Waals surface area contributed by atoms with Crippen LogP contribution < -0.4 is 0 Å². The quantitative estimate of drug-likeness (QED) is 0.621. The summed E-state index contributed by atoms with van der Waals surface area (Å²) in [5.74, 6) is -4.48. The molecule has 0 radical (unpaired) electrons. The molecule has 6 heteroatoms. The Morgan fingerprint density at radius 3 is 2.65 bits per heavy atom. The molecule has 1 aromatic carbocycles. The number of carbonyl (C=O) groups is 1. The summed E-state index contributed by atoms with van der Waals surface area (Å²) in [6, 6.07) is 3.75. The van der Waals surface area contributed by atoms with E-state index in [2.05, 4.69) is 4.74 Å². The van der Waals surface area contributed by atoms with Crippen molar-refractivity contribution in [3.05, 3.63) is 28.8 Å². The Hall–Kier alpha value is -0.810. The SMILES string of the molecule is CCSc1ccc(C(F)(F)C(=O)OC)cc1Cl. The number of esters is 1. The van der Waals surface area contributed by atoms with E-state index in [1.165, 1.54) is 23.9 Å².